The van der Waals surface area contributed by atoms with Crippen molar-refractivity contribution in [3.63, 3.8) is 0 Å². The van der Waals surface area contributed by atoms with E-state index in [1.807, 2.05) is 0 Å². The first kappa shape index (κ1) is 23.4. The summed E-state index contributed by atoms with van der Waals surface area (Å²) in [6, 6.07) is 0. The fourth-order valence-corrected chi connectivity index (χ4v) is 2.74. The Morgan fingerprint density at radius 2 is 1.17 bits per heavy atom. The highest BCUT2D eigenvalue weighted by molar-refractivity contribution is 4.72. The molecule has 0 saturated carbocycles. The standard InChI is InChI=1S/C20H40O4/c1-21-19-24-18-16-14-12-10-8-6-4-5-7-9-11-13-15-17-20(22-2)23-3/h16,18,20H,4-15,17,19H2,1-3H3. The van der Waals surface area contributed by atoms with E-state index in [-0.39, 0.29) is 6.29 Å². The van der Waals surface area contributed by atoms with Crippen LogP contribution in [0.15, 0.2) is 12.3 Å². The summed E-state index contributed by atoms with van der Waals surface area (Å²) in [6.45, 7) is 0.345. The Balaban J connectivity index is 3.09. The molecule has 0 amide bonds. The zero-order valence-electron chi connectivity index (χ0n) is 16.3. The van der Waals surface area contributed by atoms with Crippen LogP contribution in [0.2, 0.25) is 0 Å². The highest BCUT2D eigenvalue weighted by Gasteiger charge is 2.03. The fraction of sp³-hybridized carbons (Fsp3) is 0.900. The molecule has 0 aromatic heterocycles. The normalized spacial score (nSPS) is 11.7. The summed E-state index contributed by atoms with van der Waals surface area (Å²) >= 11 is 0. The molecule has 144 valence electrons. The Labute approximate surface area is 149 Å². The van der Waals surface area contributed by atoms with Crippen molar-refractivity contribution < 1.29 is 18.9 Å². The predicted octanol–water partition coefficient (Wildman–Crippen LogP) is 5.81. The maximum Gasteiger partial charge on any atom is 0.187 e. The van der Waals surface area contributed by atoms with Crippen molar-refractivity contribution in [2.45, 2.75) is 89.8 Å². The van der Waals surface area contributed by atoms with Crippen molar-refractivity contribution in [2.75, 3.05) is 28.1 Å². The van der Waals surface area contributed by atoms with Gasteiger partial charge in [-0.3, -0.25) is 0 Å². The van der Waals surface area contributed by atoms with E-state index in [0.717, 1.165) is 12.8 Å². The molecule has 24 heavy (non-hydrogen) atoms. The summed E-state index contributed by atoms with van der Waals surface area (Å²) in [7, 11) is 5.05. The highest BCUT2D eigenvalue weighted by atomic mass is 16.7. The molecule has 0 N–H and O–H groups in total. The van der Waals surface area contributed by atoms with E-state index in [9.17, 15) is 0 Å². The van der Waals surface area contributed by atoms with Crippen LogP contribution < -0.4 is 0 Å². The largest absolute Gasteiger partial charge is 0.476 e. The zero-order chi connectivity index (χ0) is 17.7. The molecule has 0 aromatic carbocycles. The van der Waals surface area contributed by atoms with Gasteiger partial charge in [0, 0.05) is 21.3 Å². The predicted molar refractivity (Wildman–Crippen MR) is 99.9 cm³/mol. The molecule has 4 nitrogen and oxygen atoms in total. The molecular weight excluding hydrogens is 304 g/mol. The lowest BCUT2D eigenvalue weighted by atomic mass is 10.0. The van der Waals surface area contributed by atoms with Crippen molar-refractivity contribution in [3.8, 4) is 0 Å². The van der Waals surface area contributed by atoms with Crippen molar-refractivity contribution in [3.05, 3.63) is 12.3 Å². The first-order chi connectivity index (χ1) is 11.8. The van der Waals surface area contributed by atoms with Crippen LogP contribution in [-0.2, 0) is 18.9 Å². The number of hydrogen-bond acceptors (Lipinski definition) is 4. The van der Waals surface area contributed by atoms with E-state index in [4.69, 9.17) is 18.9 Å². The SMILES string of the molecule is COCOC=CCCCCCCCCCCCCCC(OC)OC. The van der Waals surface area contributed by atoms with Crippen LogP contribution in [0.4, 0.5) is 0 Å². The van der Waals surface area contributed by atoms with Crippen LogP contribution >= 0.6 is 0 Å². The van der Waals surface area contributed by atoms with E-state index < -0.39 is 0 Å². The van der Waals surface area contributed by atoms with Gasteiger partial charge in [-0.05, 0) is 31.8 Å². The minimum atomic E-state index is -0.0154. The maximum absolute atomic E-state index is 5.19. The molecule has 0 aliphatic heterocycles. The fourth-order valence-electron chi connectivity index (χ4n) is 2.74. The minimum Gasteiger partial charge on any atom is -0.476 e. The second-order valence-electron chi connectivity index (χ2n) is 6.31. The van der Waals surface area contributed by atoms with Crippen molar-refractivity contribution >= 4 is 0 Å². The molecule has 0 saturated heterocycles. The lowest BCUT2D eigenvalue weighted by molar-refractivity contribution is -0.107. The molecule has 0 unspecified atom stereocenters. The number of allylic oxidation sites excluding steroid dienone is 1. The van der Waals surface area contributed by atoms with E-state index >= 15 is 0 Å². The summed E-state index contributed by atoms with van der Waals surface area (Å²) in [4.78, 5) is 0. The maximum atomic E-state index is 5.19. The highest BCUT2D eigenvalue weighted by Crippen LogP contribution is 2.13. The molecule has 0 aromatic rings. The van der Waals surface area contributed by atoms with Crippen molar-refractivity contribution in [1.82, 2.24) is 0 Å². The van der Waals surface area contributed by atoms with Gasteiger partial charge in [0.15, 0.2) is 13.1 Å². The smallest absolute Gasteiger partial charge is 0.187 e. The lowest BCUT2D eigenvalue weighted by Crippen LogP contribution is -2.12. The summed E-state index contributed by atoms with van der Waals surface area (Å²) in [5.74, 6) is 0. The third-order valence-corrected chi connectivity index (χ3v) is 4.21. The monoisotopic (exact) mass is 344 g/mol. The molecule has 0 radical (unpaired) electrons. The topological polar surface area (TPSA) is 36.9 Å². The number of unbranched alkanes of at least 4 members (excludes halogenated alkanes) is 11. The number of rotatable bonds is 19. The minimum absolute atomic E-state index is 0.0154. The molecule has 0 rings (SSSR count). The van der Waals surface area contributed by atoms with Crippen LogP contribution in [0, 0.1) is 0 Å². The molecule has 0 fully saturated rings. The van der Waals surface area contributed by atoms with Gasteiger partial charge in [0.2, 0.25) is 0 Å². The van der Waals surface area contributed by atoms with Crippen LogP contribution in [-0.4, -0.2) is 34.4 Å². The molecular formula is C20H40O4. The molecule has 4 heteroatoms. The van der Waals surface area contributed by atoms with Gasteiger partial charge in [-0.1, -0.05) is 57.8 Å². The second-order valence-corrected chi connectivity index (χ2v) is 6.31. The Hall–Kier alpha value is -0.580. The van der Waals surface area contributed by atoms with Gasteiger partial charge in [-0.25, -0.2) is 0 Å². The molecule has 0 aliphatic rings. The van der Waals surface area contributed by atoms with Gasteiger partial charge >= 0.3 is 0 Å². The summed E-state index contributed by atoms with van der Waals surface area (Å²) in [5, 5.41) is 0. The van der Waals surface area contributed by atoms with Crippen LogP contribution in [0.3, 0.4) is 0 Å². The van der Waals surface area contributed by atoms with E-state index in [2.05, 4.69) is 6.08 Å². The van der Waals surface area contributed by atoms with Crippen LogP contribution in [0.25, 0.3) is 0 Å². The average Bonchev–Trinajstić information content (AvgIpc) is 2.61. The second kappa shape index (κ2) is 20.5. The molecule has 0 heterocycles. The number of ether oxygens (including phenoxy) is 4. The summed E-state index contributed by atoms with van der Waals surface area (Å²) in [5.41, 5.74) is 0. The Bertz CT molecular complexity index is 252. The average molecular weight is 345 g/mol. The quantitative estimate of drug-likeness (QED) is 0.168. The van der Waals surface area contributed by atoms with Gasteiger partial charge < -0.3 is 18.9 Å². The number of methoxy groups -OCH3 is 3. The van der Waals surface area contributed by atoms with Gasteiger partial charge in [0.25, 0.3) is 0 Å². The first-order valence-electron chi connectivity index (χ1n) is 9.66. The van der Waals surface area contributed by atoms with Gasteiger partial charge in [0.05, 0.1) is 6.26 Å². The van der Waals surface area contributed by atoms with Crippen LogP contribution in [0.5, 0.6) is 0 Å². The van der Waals surface area contributed by atoms with Crippen LogP contribution in [0.1, 0.15) is 83.5 Å². The van der Waals surface area contributed by atoms with Gasteiger partial charge in [0.1, 0.15) is 0 Å². The third-order valence-electron chi connectivity index (χ3n) is 4.21. The Kier molecular flexibility index (Phi) is 20.0. The van der Waals surface area contributed by atoms with E-state index in [1.54, 1.807) is 27.6 Å². The van der Waals surface area contributed by atoms with E-state index in [1.165, 1.54) is 70.6 Å². The van der Waals surface area contributed by atoms with Gasteiger partial charge in [-0.2, -0.15) is 0 Å². The molecule has 0 spiro atoms. The third kappa shape index (κ3) is 17.8. The molecule has 0 atom stereocenters. The van der Waals surface area contributed by atoms with Crippen molar-refractivity contribution in [2.24, 2.45) is 0 Å². The van der Waals surface area contributed by atoms with Gasteiger partial charge in [-0.15, -0.1) is 0 Å². The summed E-state index contributed by atoms with van der Waals surface area (Å²) in [6.07, 6.45) is 20.7. The van der Waals surface area contributed by atoms with Crippen molar-refractivity contribution in [1.29, 1.82) is 0 Å². The lowest BCUT2D eigenvalue weighted by Gasteiger charge is -2.12. The first-order valence-corrected chi connectivity index (χ1v) is 9.66. The molecule has 0 bridgehead atoms. The Morgan fingerprint density at radius 1 is 0.667 bits per heavy atom. The molecule has 0 aliphatic carbocycles. The zero-order valence-corrected chi connectivity index (χ0v) is 16.3. The summed E-state index contributed by atoms with van der Waals surface area (Å²) < 4.78 is 20.3. The number of hydrogen-bond donors (Lipinski definition) is 0. The van der Waals surface area contributed by atoms with E-state index in [0.29, 0.717) is 6.79 Å². The Morgan fingerprint density at radius 3 is 1.67 bits per heavy atom.